The van der Waals surface area contributed by atoms with Gasteiger partial charge < -0.3 is 16.5 Å². The van der Waals surface area contributed by atoms with Crippen molar-refractivity contribution in [3.8, 4) is 0 Å². The molecule has 0 fully saturated rings. The zero-order valence-corrected chi connectivity index (χ0v) is 6.88. The molecule has 0 aliphatic heterocycles. The third kappa shape index (κ3) is 1.56. The predicted molar refractivity (Wildman–Crippen MR) is 44.9 cm³/mol. The Labute approximate surface area is 76.7 Å². The first-order valence-corrected chi connectivity index (χ1v) is 3.54. The van der Waals surface area contributed by atoms with Gasteiger partial charge in [0.25, 0.3) is 12.3 Å². The Kier molecular flexibility index (Phi) is 2.50. The molecule has 7 heteroatoms. The average molecular weight is 203 g/mol. The van der Waals surface area contributed by atoms with E-state index in [-0.39, 0.29) is 0 Å². The molecule has 5 N–H and O–H groups in total. The molecule has 0 radical (unpaired) electrons. The first-order valence-electron chi connectivity index (χ1n) is 3.54. The normalized spacial score (nSPS) is 10.5. The lowest BCUT2D eigenvalue weighted by molar-refractivity contribution is 0.0998. The summed E-state index contributed by atoms with van der Waals surface area (Å²) in [7, 11) is 0. The number of nitrogen functional groups attached to an aromatic ring is 1. The first-order chi connectivity index (χ1) is 6.45. The Bertz CT molecular complexity index is 427. The van der Waals surface area contributed by atoms with Gasteiger partial charge in [-0.3, -0.25) is 9.59 Å². The molecule has 1 amide bonds. The van der Waals surface area contributed by atoms with Gasteiger partial charge in [-0.15, -0.1) is 0 Å². The van der Waals surface area contributed by atoms with E-state index in [1.54, 1.807) is 0 Å². The smallest absolute Gasteiger partial charge is 0.271 e. The van der Waals surface area contributed by atoms with Gasteiger partial charge in [0.1, 0.15) is 16.9 Å². The minimum Gasteiger partial charge on any atom is -0.385 e. The van der Waals surface area contributed by atoms with Gasteiger partial charge in [-0.05, 0) is 0 Å². The number of anilines is 1. The van der Waals surface area contributed by atoms with Crippen LogP contribution in [0.1, 0.15) is 22.3 Å². The monoisotopic (exact) mass is 203 g/mol. The molecule has 1 aromatic heterocycles. The molecule has 0 spiro atoms. The van der Waals surface area contributed by atoms with Gasteiger partial charge in [-0.2, -0.15) is 0 Å². The largest absolute Gasteiger partial charge is 0.385 e. The quantitative estimate of drug-likeness (QED) is 0.630. The van der Waals surface area contributed by atoms with Crippen molar-refractivity contribution < 1.29 is 13.6 Å². The van der Waals surface area contributed by atoms with E-state index in [0.29, 0.717) is 0 Å². The summed E-state index contributed by atoms with van der Waals surface area (Å²) >= 11 is 0. The number of aromatic amines is 1. The van der Waals surface area contributed by atoms with Crippen LogP contribution in [0.5, 0.6) is 0 Å². The maximum atomic E-state index is 12.3. The molecule has 1 rings (SSSR count). The highest BCUT2D eigenvalue weighted by molar-refractivity contribution is 5.92. The van der Waals surface area contributed by atoms with Crippen LogP contribution in [0.15, 0.2) is 11.0 Å². The number of halogens is 2. The Morgan fingerprint density at radius 3 is 2.50 bits per heavy atom. The van der Waals surface area contributed by atoms with Gasteiger partial charge >= 0.3 is 0 Å². The van der Waals surface area contributed by atoms with Crippen LogP contribution in [0.25, 0.3) is 0 Å². The van der Waals surface area contributed by atoms with Gasteiger partial charge in [0.05, 0.1) is 0 Å². The number of carbonyl (C=O) groups excluding carboxylic acids is 1. The van der Waals surface area contributed by atoms with Gasteiger partial charge in [0, 0.05) is 6.20 Å². The summed E-state index contributed by atoms with van der Waals surface area (Å²) in [6.07, 6.45) is -2.13. The molecule has 14 heavy (non-hydrogen) atoms. The molecule has 0 saturated carbocycles. The SMILES string of the molecule is NC(=O)c1c[nH]c(N)c(C(F)F)c1=O. The number of H-pyrrole nitrogens is 1. The molecule has 0 aliphatic rings. The lowest BCUT2D eigenvalue weighted by Gasteiger charge is -2.04. The van der Waals surface area contributed by atoms with E-state index in [0.717, 1.165) is 6.20 Å². The molecule has 76 valence electrons. The number of amides is 1. The standard InChI is InChI=1S/C7H7F2N3O2/c8-5(9)3-4(13)2(7(11)14)1-12-6(3)10/h1,5H,(H2,11,14)(H3,10,12,13). The number of hydrogen-bond acceptors (Lipinski definition) is 3. The summed E-state index contributed by atoms with van der Waals surface area (Å²) < 4.78 is 24.6. The third-order valence-electron chi connectivity index (χ3n) is 1.64. The second-order valence-electron chi connectivity index (χ2n) is 2.52. The fraction of sp³-hybridized carbons (Fsp3) is 0.143. The van der Waals surface area contributed by atoms with Crippen molar-refractivity contribution in [3.05, 3.63) is 27.5 Å². The summed E-state index contributed by atoms with van der Waals surface area (Å²) in [6.45, 7) is 0. The highest BCUT2D eigenvalue weighted by Crippen LogP contribution is 2.19. The van der Waals surface area contributed by atoms with Crippen molar-refractivity contribution in [2.45, 2.75) is 6.43 Å². The van der Waals surface area contributed by atoms with Crippen LogP contribution in [0.4, 0.5) is 14.6 Å². The maximum absolute atomic E-state index is 12.3. The number of primary amides is 1. The second-order valence-corrected chi connectivity index (χ2v) is 2.52. The first kappa shape index (κ1) is 10.2. The van der Waals surface area contributed by atoms with Gasteiger partial charge in [-0.25, -0.2) is 8.78 Å². The number of nitrogens with one attached hydrogen (secondary N) is 1. The molecule has 0 bridgehead atoms. The summed E-state index contributed by atoms with van der Waals surface area (Å²) in [4.78, 5) is 24.0. The number of aromatic nitrogens is 1. The molecule has 1 heterocycles. The van der Waals surface area contributed by atoms with Crippen molar-refractivity contribution in [1.29, 1.82) is 0 Å². The minimum atomic E-state index is -3.04. The molecule has 5 nitrogen and oxygen atoms in total. The van der Waals surface area contributed by atoms with Crippen molar-refractivity contribution in [2.24, 2.45) is 5.73 Å². The Hall–Kier alpha value is -1.92. The lowest BCUT2D eigenvalue weighted by atomic mass is 10.1. The molecule has 0 saturated heterocycles. The Morgan fingerprint density at radius 2 is 2.07 bits per heavy atom. The van der Waals surface area contributed by atoms with E-state index < -0.39 is 34.7 Å². The summed E-state index contributed by atoms with van der Waals surface area (Å²) in [5, 5.41) is 0. The zero-order valence-electron chi connectivity index (χ0n) is 6.88. The van der Waals surface area contributed by atoms with E-state index in [2.05, 4.69) is 4.98 Å². The van der Waals surface area contributed by atoms with Crippen LogP contribution in [0.2, 0.25) is 0 Å². The fourth-order valence-electron chi connectivity index (χ4n) is 0.960. The van der Waals surface area contributed by atoms with Crippen LogP contribution in [-0.2, 0) is 0 Å². The Balaban J connectivity index is 3.50. The fourth-order valence-corrected chi connectivity index (χ4v) is 0.960. The molecule has 0 atom stereocenters. The van der Waals surface area contributed by atoms with Gasteiger partial charge in [0.2, 0.25) is 5.43 Å². The summed E-state index contributed by atoms with van der Waals surface area (Å²) in [5.74, 6) is -1.54. The number of hydrogen-bond donors (Lipinski definition) is 3. The van der Waals surface area contributed by atoms with E-state index in [1.807, 2.05) is 0 Å². The van der Waals surface area contributed by atoms with Crippen molar-refractivity contribution >= 4 is 11.7 Å². The van der Waals surface area contributed by atoms with Crippen LogP contribution >= 0.6 is 0 Å². The topological polar surface area (TPSA) is 102 Å². The summed E-state index contributed by atoms with van der Waals surface area (Å²) in [6, 6.07) is 0. The molecular formula is C7H7F2N3O2. The van der Waals surface area contributed by atoms with E-state index >= 15 is 0 Å². The van der Waals surface area contributed by atoms with Crippen molar-refractivity contribution in [1.82, 2.24) is 4.98 Å². The van der Waals surface area contributed by atoms with Crippen LogP contribution in [0.3, 0.4) is 0 Å². The predicted octanol–water partition coefficient (Wildman–Crippen LogP) is -0.00640. The highest BCUT2D eigenvalue weighted by atomic mass is 19.3. The lowest BCUT2D eigenvalue weighted by Crippen LogP contribution is -2.26. The zero-order chi connectivity index (χ0) is 10.9. The summed E-state index contributed by atoms with van der Waals surface area (Å²) in [5.41, 5.74) is 7.30. The minimum absolute atomic E-state index is 0.463. The van der Waals surface area contributed by atoms with Crippen molar-refractivity contribution in [2.75, 3.05) is 5.73 Å². The maximum Gasteiger partial charge on any atom is 0.271 e. The van der Waals surface area contributed by atoms with Crippen LogP contribution < -0.4 is 16.9 Å². The van der Waals surface area contributed by atoms with Gasteiger partial charge in [-0.1, -0.05) is 0 Å². The van der Waals surface area contributed by atoms with Crippen molar-refractivity contribution in [3.63, 3.8) is 0 Å². The highest BCUT2D eigenvalue weighted by Gasteiger charge is 2.20. The van der Waals surface area contributed by atoms with E-state index in [4.69, 9.17) is 11.5 Å². The van der Waals surface area contributed by atoms with Crippen LogP contribution in [-0.4, -0.2) is 10.9 Å². The van der Waals surface area contributed by atoms with Gasteiger partial charge in [0.15, 0.2) is 0 Å². The van der Waals surface area contributed by atoms with E-state index in [1.165, 1.54) is 0 Å². The number of carbonyl (C=O) groups is 1. The third-order valence-corrected chi connectivity index (χ3v) is 1.64. The number of nitrogens with two attached hydrogens (primary N) is 2. The number of rotatable bonds is 2. The number of alkyl halides is 2. The molecule has 0 unspecified atom stereocenters. The molecule has 0 aliphatic carbocycles. The second kappa shape index (κ2) is 3.44. The number of pyridine rings is 1. The Morgan fingerprint density at radius 1 is 1.50 bits per heavy atom. The average Bonchev–Trinajstić information content (AvgIpc) is 2.02. The molecular weight excluding hydrogens is 196 g/mol. The van der Waals surface area contributed by atoms with Crippen LogP contribution in [0, 0.1) is 0 Å². The molecule has 1 aromatic rings. The molecule has 0 aromatic carbocycles. The van der Waals surface area contributed by atoms with E-state index in [9.17, 15) is 18.4 Å².